The molecule has 0 atom stereocenters. The zero-order chi connectivity index (χ0) is 16.4. The van der Waals surface area contributed by atoms with Crippen LogP contribution in [0, 0.1) is 6.92 Å². The van der Waals surface area contributed by atoms with Gasteiger partial charge in [-0.15, -0.1) is 0 Å². The number of nitrogens with zero attached hydrogens (tertiary/aromatic N) is 2. The zero-order valence-corrected chi connectivity index (χ0v) is 12.8. The smallest absolute Gasteiger partial charge is 0.255 e. The van der Waals surface area contributed by atoms with Gasteiger partial charge in [-0.05, 0) is 31.2 Å². The fourth-order valence-electron chi connectivity index (χ4n) is 2.03. The highest BCUT2D eigenvalue weighted by molar-refractivity contribution is 6.33. The number of carbonyl (C=O) groups is 1. The molecule has 2 aromatic heterocycles. The summed E-state index contributed by atoms with van der Waals surface area (Å²) in [6, 6.07) is 7.76. The van der Waals surface area contributed by atoms with E-state index in [9.17, 15) is 9.59 Å². The minimum atomic E-state index is -0.395. The van der Waals surface area contributed by atoms with Gasteiger partial charge in [0.1, 0.15) is 5.82 Å². The minimum Gasteiger partial charge on any atom is -0.329 e. The molecule has 2 heterocycles. The Hall–Kier alpha value is -2.93. The Kier molecular flexibility index (Phi) is 3.94. The molecule has 3 aromatic rings. The third kappa shape index (κ3) is 3.29. The average molecular weight is 330 g/mol. The fourth-order valence-corrected chi connectivity index (χ4v) is 2.29. The number of benzene rings is 1. The maximum atomic E-state index is 12.1. The Balaban J connectivity index is 1.83. The highest BCUT2D eigenvalue weighted by atomic mass is 35.5. The lowest BCUT2D eigenvalue weighted by Crippen LogP contribution is -2.15. The molecule has 1 amide bonds. The van der Waals surface area contributed by atoms with Gasteiger partial charge in [-0.2, -0.15) is 5.10 Å². The molecule has 0 fully saturated rings. The van der Waals surface area contributed by atoms with E-state index in [0.717, 1.165) is 0 Å². The summed E-state index contributed by atoms with van der Waals surface area (Å²) in [5.41, 5.74) is 1.09. The van der Waals surface area contributed by atoms with E-state index in [1.165, 1.54) is 18.3 Å². The number of pyridine rings is 1. The number of nitrogens with one attached hydrogen (secondary N) is 3. The van der Waals surface area contributed by atoms with E-state index >= 15 is 0 Å². The molecule has 0 saturated carbocycles. The lowest BCUT2D eigenvalue weighted by atomic mass is 10.2. The molecular weight excluding hydrogens is 318 g/mol. The number of hydrogen-bond donors (Lipinski definition) is 3. The maximum Gasteiger partial charge on any atom is 0.255 e. The Morgan fingerprint density at radius 3 is 2.74 bits per heavy atom. The molecule has 3 N–H and O–H groups in total. The molecule has 23 heavy (non-hydrogen) atoms. The van der Waals surface area contributed by atoms with E-state index in [1.54, 1.807) is 25.1 Å². The van der Waals surface area contributed by atoms with Gasteiger partial charge < -0.3 is 10.3 Å². The van der Waals surface area contributed by atoms with E-state index < -0.39 is 5.91 Å². The van der Waals surface area contributed by atoms with Crippen LogP contribution in [0.4, 0.5) is 5.69 Å². The number of aromatic nitrogens is 4. The van der Waals surface area contributed by atoms with Gasteiger partial charge in [0, 0.05) is 29.1 Å². The highest BCUT2D eigenvalue weighted by Crippen LogP contribution is 2.28. The Labute approximate surface area is 135 Å². The van der Waals surface area contributed by atoms with Crippen LogP contribution in [-0.2, 0) is 0 Å². The standard InChI is InChI=1S/C15H12ClN5O2/c1-8-18-14(21-20-8)11-3-2-10(7-12(11)16)19-15(23)9-4-5-17-13(22)6-9/h2-7H,1H3,(H,17,22)(H,19,23)(H,18,20,21). The average Bonchev–Trinajstić information content (AvgIpc) is 2.93. The number of anilines is 1. The van der Waals surface area contributed by atoms with Crippen LogP contribution in [0.25, 0.3) is 11.4 Å². The third-order valence-corrected chi connectivity index (χ3v) is 3.42. The van der Waals surface area contributed by atoms with Gasteiger partial charge in [-0.1, -0.05) is 11.6 Å². The summed E-state index contributed by atoms with van der Waals surface area (Å²) in [4.78, 5) is 30.0. The SMILES string of the molecule is Cc1nc(-c2ccc(NC(=O)c3cc[nH]c(=O)c3)cc2Cl)n[nH]1. The van der Waals surface area contributed by atoms with E-state index in [4.69, 9.17) is 11.6 Å². The predicted molar refractivity (Wildman–Crippen MR) is 86.6 cm³/mol. The van der Waals surface area contributed by atoms with Crippen molar-refractivity contribution in [1.29, 1.82) is 0 Å². The molecule has 8 heteroatoms. The Morgan fingerprint density at radius 1 is 1.26 bits per heavy atom. The van der Waals surface area contributed by atoms with Crippen molar-refractivity contribution >= 4 is 23.2 Å². The van der Waals surface area contributed by atoms with Crippen molar-refractivity contribution in [2.24, 2.45) is 0 Å². The second kappa shape index (κ2) is 6.05. The van der Waals surface area contributed by atoms with Gasteiger partial charge in [-0.25, -0.2) is 4.98 Å². The number of hydrogen-bond acceptors (Lipinski definition) is 4. The molecule has 0 aliphatic carbocycles. The van der Waals surface area contributed by atoms with Crippen LogP contribution in [0.3, 0.4) is 0 Å². The van der Waals surface area contributed by atoms with Gasteiger partial charge in [0.05, 0.1) is 5.02 Å². The molecular formula is C15H12ClN5O2. The molecule has 0 radical (unpaired) electrons. The number of carbonyl (C=O) groups excluding carboxylic acids is 1. The number of amides is 1. The first-order valence-corrected chi connectivity index (χ1v) is 7.10. The third-order valence-electron chi connectivity index (χ3n) is 3.10. The predicted octanol–water partition coefficient (Wildman–Crippen LogP) is 2.37. The summed E-state index contributed by atoms with van der Waals surface area (Å²) in [6.45, 7) is 1.79. The summed E-state index contributed by atoms with van der Waals surface area (Å²) in [6.07, 6.45) is 1.42. The van der Waals surface area contributed by atoms with Crippen molar-refractivity contribution in [3.63, 3.8) is 0 Å². The Morgan fingerprint density at radius 2 is 2.09 bits per heavy atom. The highest BCUT2D eigenvalue weighted by Gasteiger charge is 2.11. The normalized spacial score (nSPS) is 10.5. The van der Waals surface area contributed by atoms with Gasteiger partial charge in [-0.3, -0.25) is 14.7 Å². The summed E-state index contributed by atoms with van der Waals surface area (Å²) in [5.74, 6) is 0.774. The van der Waals surface area contributed by atoms with Crippen molar-refractivity contribution in [1.82, 2.24) is 20.2 Å². The zero-order valence-electron chi connectivity index (χ0n) is 12.1. The molecule has 116 valence electrons. The summed E-state index contributed by atoms with van der Waals surface area (Å²) < 4.78 is 0. The van der Waals surface area contributed by atoms with Crippen LogP contribution < -0.4 is 10.9 Å². The van der Waals surface area contributed by atoms with Crippen molar-refractivity contribution < 1.29 is 4.79 Å². The molecule has 0 spiro atoms. The fraction of sp³-hybridized carbons (Fsp3) is 0.0667. The van der Waals surface area contributed by atoms with Crippen molar-refractivity contribution in [2.75, 3.05) is 5.32 Å². The lowest BCUT2D eigenvalue weighted by molar-refractivity contribution is 0.102. The van der Waals surface area contributed by atoms with E-state index in [-0.39, 0.29) is 11.1 Å². The summed E-state index contributed by atoms with van der Waals surface area (Å²) in [7, 11) is 0. The second-order valence-corrected chi connectivity index (χ2v) is 5.24. The van der Waals surface area contributed by atoms with Crippen LogP contribution in [0.1, 0.15) is 16.2 Å². The molecule has 0 bridgehead atoms. The van der Waals surface area contributed by atoms with E-state index in [2.05, 4.69) is 25.5 Å². The van der Waals surface area contributed by atoms with Crippen molar-refractivity contribution in [2.45, 2.75) is 6.92 Å². The van der Waals surface area contributed by atoms with Crippen LogP contribution in [0.15, 0.2) is 41.3 Å². The van der Waals surface area contributed by atoms with Crippen molar-refractivity contribution in [3.8, 4) is 11.4 Å². The number of H-pyrrole nitrogens is 2. The maximum absolute atomic E-state index is 12.1. The van der Waals surface area contributed by atoms with Gasteiger partial charge in [0.15, 0.2) is 5.82 Å². The van der Waals surface area contributed by atoms with Crippen LogP contribution in [0.5, 0.6) is 0 Å². The van der Waals surface area contributed by atoms with Crippen LogP contribution in [0.2, 0.25) is 5.02 Å². The number of aromatic amines is 2. The molecule has 0 aliphatic rings. The number of aryl methyl sites for hydroxylation is 1. The van der Waals surface area contributed by atoms with E-state index in [1.807, 2.05) is 0 Å². The second-order valence-electron chi connectivity index (χ2n) is 4.83. The number of halogens is 1. The molecule has 7 nitrogen and oxygen atoms in total. The molecule has 3 rings (SSSR count). The van der Waals surface area contributed by atoms with Crippen LogP contribution in [-0.4, -0.2) is 26.1 Å². The first-order chi connectivity index (χ1) is 11.0. The largest absolute Gasteiger partial charge is 0.329 e. The first kappa shape index (κ1) is 15.0. The quantitative estimate of drug-likeness (QED) is 0.686. The van der Waals surface area contributed by atoms with Gasteiger partial charge >= 0.3 is 0 Å². The minimum absolute atomic E-state index is 0.263. The summed E-state index contributed by atoms with van der Waals surface area (Å²) >= 11 is 6.23. The summed E-state index contributed by atoms with van der Waals surface area (Å²) in [5, 5.41) is 9.89. The molecule has 0 unspecified atom stereocenters. The first-order valence-electron chi connectivity index (χ1n) is 6.72. The van der Waals surface area contributed by atoms with E-state index in [0.29, 0.717) is 27.9 Å². The lowest BCUT2D eigenvalue weighted by Gasteiger charge is -2.07. The van der Waals surface area contributed by atoms with Gasteiger partial charge in [0.25, 0.3) is 5.91 Å². The molecule has 0 aliphatic heterocycles. The van der Waals surface area contributed by atoms with Crippen molar-refractivity contribution in [3.05, 3.63) is 63.3 Å². The Bertz CT molecular complexity index is 931. The molecule has 1 aromatic carbocycles. The molecule has 0 saturated heterocycles. The monoisotopic (exact) mass is 329 g/mol. The van der Waals surface area contributed by atoms with Gasteiger partial charge in [0.2, 0.25) is 5.56 Å². The number of rotatable bonds is 3. The van der Waals surface area contributed by atoms with Crippen LogP contribution >= 0.6 is 11.6 Å². The topological polar surface area (TPSA) is 104 Å².